The van der Waals surface area contributed by atoms with Crippen LogP contribution in [-0.4, -0.2) is 5.54 Å². The SMILES string of the molecule is CC(C)(C)NCc1ccccc1Oc1cc(F)ccc1Br. The van der Waals surface area contributed by atoms with E-state index in [1.54, 1.807) is 6.07 Å². The highest BCUT2D eigenvalue weighted by molar-refractivity contribution is 9.10. The zero-order chi connectivity index (χ0) is 15.5. The van der Waals surface area contributed by atoms with Gasteiger partial charge in [0.2, 0.25) is 0 Å². The first-order valence-electron chi connectivity index (χ1n) is 6.81. The van der Waals surface area contributed by atoms with E-state index in [4.69, 9.17) is 4.74 Å². The standard InChI is InChI=1S/C17H19BrFNO/c1-17(2,3)20-11-12-6-4-5-7-15(12)21-16-10-13(19)8-9-14(16)18/h4-10,20H,11H2,1-3H3. The Bertz CT molecular complexity index is 622. The fourth-order valence-electron chi connectivity index (χ4n) is 1.78. The Morgan fingerprint density at radius 3 is 2.52 bits per heavy atom. The molecule has 0 saturated carbocycles. The largest absolute Gasteiger partial charge is 0.456 e. The topological polar surface area (TPSA) is 21.3 Å². The summed E-state index contributed by atoms with van der Waals surface area (Å²) < 4.78 is 19.9. The normalized spacial score (nSPS) is 11.5. The summed E-state index contributed by atoms with van der Waals surface area (Å²) in [5, 5.41) is 3.42. The Kier molecular flexibility index (Phi) is 5.01. The predicted molar refractivity (Wildman–Crippen MR) is 87.2 cm³/mol. The van der Waals surface area contributed by atoms with Gasteiger partial charge in [0.25, 0.3) is 0 Å². The molecule has 0 aromatic heterocycles. The molecule has 0 aliphatic rings. The van der Waals surface area contributed by atoms with Gasteiger partial charge in [-0.15, -0.1) is 0 Å². The van der Waals surface area contributed by atoms with Crippen LogP contribution in [0.1, 0.15) is 26.3 Å². The minimum Gasteiger partial charge on any atom is -0.456 e. The third-order valence-corrected chi connectivity index (χ3v) is 3.55. The highest BCUT2D eigenvalue weighted by Crippen LogP contribution is 2.32. The van der Waals surface area contributed by atoms with E-state index in [2.05, 4.69) is 42.0 Å². The maximum atomic E-state index is 13.3. The van der Waals surface area contributed by atoms with Gasteiger partial charge in [0.15, 0.2) is 0 Å². The first-order valence-corrected chi connectivity index (χ1v) is 7.60. The van der Waals surface area contributed by atoms with Crippen molar-refractivity contribution in [3.63, 3.8) is 0 Å². The third kappa shape index (κ3) is 4.83. The highest BCUT2D eigenvalue weighted by Gasteiger charge is 2.12. The number of rotatable bonds is 4. The number of para-hydroxylation sites is 1. The number of hydrogen-bond acceptors (Lipinski definition) is 2. The molecule has 21 heavy (non-hydrogen) atoms. The molecule has 0 saturated heterocycles. The average Bonchev–Trinajstić information content (AvgIpc) is 2.41. The van der Waals surface area contributed by atoms with Crippen LogP contribution in [0.4, 0.5) is 4.39 Å². The molecule has 1 N–H and O–H groups in total. The van der Waals surface area contributed by atoms with Crippen molar-refractivity contribution in [3.8, 4) is 11.5 Å². The molecule has 0 heterocycles. The highest BCUT2D eigenvalue weighted by atomic mass is 79.9. The van der Waals surface area contributed by atoms with Gasteiger partial charge in [-0.3, -0.25) is 0 Å². The van der Waals surface area contributed by atoms with Gasteiger partial charge in [0.1, 0.15) is 17.3 Å². The van der Waals surface area contributed by atoms with Crippen LogP contribution in [0.5, 0.6) is 11.5 Å². The smallest absolute Gasteiger partial charge is 0.144 e. The first-order chi connectivity index (χ1) is 9.85. The van der Waals surface area contributed by atoms with Crippen molar-refractivity contribution >= 4 is 15.9 Å². The molecule has 4 heteroatoms. The van der Waals surface area contributed by atoms with E-state index in [1.165, 1.54) is 12.1 Å². The van der Waals surface area contributed by atoms with Crippen molar-refractivity contribution in [2.45, 2.75) is 32.9 Å². The molecule has 0 spiro atoms. The van der Waals surface area contributed by atoms with E-state index >= 15 is 0 Å². The van der Waals surface area contributed by atoms with Crippen LogP contribution in [0.3, 0.4) is 0 Å². The Morgan fingerprint density at radius 1 is 1.10 bits per heavy atom. The Balaban J connectivity index is 2.22. The van der Waals surface area contributed by atoms with Gasteiger partial charge in [-0.05, 0) is 54.9 Å². The number of hydrogen-bond donors (Lipinski definition) is 1. The zero-order valence-electron chi connectivity index (χ0n) is 12.4. The maximum absolute atomic E-state index is 13.3. The second-order valence-electron chi connectivity index (χ2n) is 5.89. The van der Waals surface area contributed by atoms with Crippen LogP contribution < -0.4 is 10.1 Å². The molecule has 0 aliphatic carbocycles. The molecular formula is C17H19BrFNO. The molecule has 0 bridgehead atoms. The molecule has 0 amide bonds. The van der Waals surface area contributed by atoms with Crippen LogP contribution >= 0.6 is 15.9 Å². The van der Waals surface area contributed by atoms with E-state index in [0.29, 0.717) is 12.3 Å². The Hall–Kier alpha value is -1.39. The maximum Gasteiger partial charge on any atom is 0.144 e. The first kappa shape index (κ1) is 16.0. The van der Waals surface area contributed by atoms with Crippen molar-refractivity contribution in [1.29, 1.82) is 0 Å². The third-order valence-electron chi connectivity index (χ3n) is 2.89. The number of nitrogens with one attached hydrogen (secondary N) is 1. The van der Waals surface area contributed by atoms with Crippen LogP contribution in [0.25, 0.3) is 0 Å². The Morgan fingerprint density at radius 2 is 1.81 bits per heavy atom. The fourth-order valence-corrected chi connectivity index (χ4v) is 2.11. The molecule has 2 aromatic carbocycles. The molecule has 0 aliphatic heterocycles. The lowest BCUT2D eigenvalue weighted by Gasteiger charge is -2.21. The van der Waals surface area contributed by atoms with Crippen LogP contribution in [0, 0.1) is 5.82 Å². The van der Waals surface area contributed by atoms with E-state index in [1.807, 2.05) is 24.3 Å². The molecule has 0 atom stereocenters. The molecule has 0 fully saturated rings. The summed E-state index contributed by atoms with van der Waals surface area (Å²) in [6, 6.07) is 12.2. The molecular weight excluding hydrogens is 333 g/mol. The summed E-state index contributed by atoms with van der Waals surface area (Å²) in [6.07, 6.45) is 0. The van der Waals surface area contributed by atoms with Crippen molar-refractivity contribution in [1.82, 2.24) is 5.32 Å². The summed E-state index contributed by atoms with van der Waals surface area (Å²) in [4.78, 5) is 0. The summed E-state index contributed by atoms with van der Waals surface area (Å²) in [7, 11) is 0. The van der Waals surface area contributed by atoms with Gasteiger partial charge in [0, 0.05) is 23.7 Å². The Labute approximate surface area is 133 Å². The quantitative estimate of drug-likeness (QED) is 0.810. The number of benzene rings is 2. The van der Waals surface area contributed by atoms with Gasteiger partial charge in [-0.25, -0.2) is 4.39 Å². The van der Waals surface area contributed by atoms with Gasteiger partial charge in [-0.2, -0.15) is 0 Å². The van der Waals surface area contributed by atoms with E-state index < -0.39 is 0 Å². The van der Waals surface area contributed by atoms with E-state index in [-0.39, 0.29) is 11.4 Å². The summed E-state index contributed by atoms with van der Waals surface area (Å²) in [6.45, 7) is 7.02. The lowest BCUT2D eigenvalue weighted by atomic mass is 10.1. The van der Waals surface area contributed by atoms with Crippen LogP contribution in [0.15, 0.2) is 46.9 Å². The second kappa shape index (κ2) is 6.58. The van der Waals surface area contributed by atoms with Gasteiger partial charge >= 0.3 is 0 Å². The van der Waals surface area contributed by atoms with Crippen LogP contribution in [0.2, 0.25) is 0 Å². The lowest BCUT2D eigenvalue weighted by Crippen LogP contribution is -2.35. The van der Waals surface area contributed by atoms with Gasteiger partial charge in [0.05, 0.1) is 4.47 Å². The molecule has 2 aromatic rings. The molecule has 0 radical (unpaired) electrons. The lowest BCUT2D eigenvalue weighted by molar-refractivity contribution is 0.413. The van der Waals surface area contributed by atoms with Crippen molar-refractivity contribution < 1.29 is 9.13 Å². The molecule has 0 unspecified atom stereocenters. The minimum atomic E-state index is -0.321. The fraction of sp³-hybridized carbons (Fsp3) is 0.294. The zero-order valence-corrected chi connectivity index (χ0v) is 14.0. The molecule has 112 valence electrons. The number of halogens is 2. The van der Waals surface area contributed by atoms with Gasteiger partial charge in [-0.1, -0.05) is 18.2 Å². The van der Waals surface area contributed by atoms with E-state index in [9.17, 15) is 4.39 Å². The van der Waals surface area contributed by atoms with Crippen molar-refractivity contribution in [2.75, 3.05) is 0 Å². The predicted octanol–water partition coefficient (Wildman–Crippen LogP) is 5.27. The van der Waals surface area contributed by atoms with Crippen molar-refractivity contribution in [3.05, 3.63) is 58.3 Å². The summed E-state index contributed by atoms with van der Waals surface area (Å²) in [5.41, 5.74) is 1.05. The average molecular weight is 352 g/mol. The molecule has 2 nitrogen and oxygen atoms in total. The second-order valence-corrected chi connectivity index (χ2v) is 6.74. The van der Waals surface area contributed by atoms with E-state index in [0.717, 1.165) is 15.8 Å². The monoisotopic (exact) mass is 351 g/mol. The minimum absolute atomic E-state index is 0.0204. The van der Waals surface area contributed by atoms with Crippen molar-refractivity contribution in [2.24, 2.45) is 0 Å². The summed E-state index contributed by atoms with van der Waals surface area (Å²) >= 11 is 3.38. The molecule has 2 rings (SSSR count). The van der Waals surface area contributed by atoms with Gasteiger partial charge < -0.3 is 10.1 Å². The number of ether oxygens (including phenoxy) is 1. The van der Waals surface area contributed by atoms with Crippen LogP contribution in [-0.2, 0) is 6.54 Å². The summed E-state index contributed by atoms with van der Waals surface area (Å²) in [5.74, 6) is 0.872.